The second kappa shape index (κ2) is 7.30. The number of anilines is 2. The molecule has 0 radical (unpaired) electrons. The first kappa shape index (κ1) is 18.8. The molecule has 1 aliphatic heterocycles. The Morgan fingerprint density at radius 3 is 2.81 bits per heavy atom. The van der Waals surface area contributed by atoms with Gasteiger partial charge in [-0.25, -0.2) is 9.78 Å². The van der Waals surface area contributed by atoms with Gasteiger partial charge in [-0.2, -0.15) is 4.98 Å². The lowest BCUT2D eigenvalue weighted by Crippen LogP contribution is -2.45. The summed E-state index contributed by atoms with van der Waals surface area (Å²) in [5.41, 5.74) is 0.362. The normalized spacial score (nSPS) is 15.2. The zero-order chi connectivity index (χ0) is 19.6. The van der Waals surface area contributed by atoms with Crippen LogP contribution in [0, 0.1) is 0 Å². The van der Waals surface area contributed by atoms with E-state index in [1.807, 2.05) is 51.0 Å². The Kier molecular flexibility index (Phi) is 5.07. The van der Waals surface area contributed by atoms with Crippen LogP contribution in [0.15, 0.2) is 30.5 Å². The average Bonchev–Trinajstić information content (AvgIpc) is 2.75. The highest BCUT2D eigenvalue weighted by Gasteiger charge is 2.32. The van der Waals surface area contributed by atoms with Crippen LogP contribution in [0.1, 0.15) is 19.4 Å². The van der Waals surface area contributed by atoms with E-state index in [2.05, 4.69) is 15.3 Å². The summed E-state index contributed by atoms with van der Waals surface area (Å²) in [6, 6.07) is 7.13. The molecule has 3 rings (SSSR count). The number of methoxy groups -OCH3 is 1. The molecule has 0 aliphatic carbocycles. The van der Waals surface area contributed by atoms with Crippen molar-refractivity contribution in [1.82, 2.24) is 14.9 Å². The van der Waals surface area contributed by atoms with Gasteiger partial charge in [-0.3, -0.25) is 5.32 Å². The fourth-order valence-corrected chi connectivity index (χ4v) is 2.92. The molecule has 0 fully saturated rings. The summed E-state index contributed by atoms with van der Waals surface area (Å²) in [7, 11) is 5.38. The van der Waals surface area contributed by atoms with Gasteiger partial charge < -0.3 is 19.3 Å². The number of ether oxygens (including phenoxy) is 2. The number of carbonyl (C=O) groups excluding carboxylic acids is 1. The van der Waals surface area contributed by atoms with Crippen molar-refractivity contribution in [3.05, 3.63) is 36.0 Å². The molecule has 8 nitrogen and oxygen atoms in total. The maximum Gasteiger partial charge on any atom is 0.324 e. The number of nitrogens with zero attached hydrogens (tertiary/aromatic N) is 4. The minimum Gasteiger partial charge on any atom is -0.497 e. The predicted molar refractivity (Wildman–Crippen MR) is 103 cm³/mol. The van der Waals surface area contributed by atoms with Crippen molar-refractivity contribution in [2.45, 2.75) is 26.0 Å². The third-order valence-electron chi connectivity index (χ3n) is 4.20. The number of benzene rings is 1. The van der Waals surface area contributed by atoms with Crippen LogP contribution < -0.4 is 19.7 Å². The van der Waals surface area contributed by atoms with Crippen molar-refractivity contribution in [3.63, 3.8) is 0 Å². The standard InChI is InChI=1S/C19H25N5O3/c1-19(2)12-24(11-13-6-7-14(26-5)10-15(13)27-19)18(25)22-17-20-9-8-16(21-17)23(3)4/h6-10H,11-12H2,1-5H3,(H,20,21,22,25). The van der Waals surface area contributed by atoms with Crippen LogP contribution in [0.2, 0.25) is 0 Å². The van der Waals surface area contributed by atoms with E-state index in [4.69, 9.17) is 9.47 Å². The monoisotopic (exact) mass is 371 g/mol. The topological polar surface area (TPSA) is 79.8 Å². The van der Waals surface area contributed by atoms with Gasteiger partial charge in [0.05, 0.1) is 20.2 Å². The van der Waals surface area contributed by atoms with Crippen LogP contribution >= 0.6 is 0 Å². The predicted octanol–water partition coefficient (Wildman–Crippen LogP) is 2.76. The van der Waals surface area contributed by atoms with Gasteiger partial charge >= 0.3 is 6.03 Å². The molecule has 8 heteroatoms. The summed E-state index contributed by atoms with van der Waals surface area (Å²) in [6.45, 7) is 4.74. The van der Waals surface area contributed by atoms with Crippen molar-refractivity contribution >= 4 is 17.8 Å². The lowest BCUT2D eigenvalue weighted by atomic mass is 10.1. The van der Waals surface area contributed by atoms with Gasteiger partial charge in [-0.05, 0) is 32.0 Å². The summed E-state index contributed by atoms with van der Waals surface area (Å²) in [6.07, 6.45) is 1.62. The summed E-state index contributed by atoms with van der Waals surface area (Å²) in [4.78, 5) is 24.9. The first-order chi connectivity index (χ1) is 12.8. The number of aromatic nitrogens is 2. The van der Waals surface area contributed by atoms with E-state index < -0.39 is 5.60 Å². The molecule has 144 valence electrons. The molecule has 0 unspecified atom stereocenters. The lowest BCUT2D eigenvalue weighted by Gasteiger charge is -2.29. The molecule has 1 aromatic heterocycles. The fraction of sp³-hybridized carbons (Fsp3) is 0.421. The fourth-order valence-electron chi connectivity index (χ4n) is 2.92. The van der Waals surface area contributed by atoms with Crippen LogP contribution in [0.4, 0.5) is 16.6 Å². The number of fused-ring (bicyclic) bond motifs is 1. The molecule has 1 N–H and O–H groups in total. The Labute approximate surface area is 159 Å². The smallest absolute Gasteiger partial charge is 0.324 e. The van der Waals surface area contributed by atoms with Gasteiger partial charge in [0.25, 0.3) is 0 Å². The van der Waals surface area contributed by atoms with Gasteiger partial charge in [-0.1, -0.05) is 0 Å². The SMILES string of the molecule is COc1ccc2c(c1)OC(C)(C)CN(C(=O)Nc1nccc(N(C)C)n1)C2. The van der Waals surface area contributed by atoms with Gasteiger partial charge in [0.2, 0.25) is 5.95 Å². The average molecular weight is 371 g/mol. The van der Waals surface area contributed by atoms with Gasteiger partial charge in [-0.15, -0.1) is 0 Å². The van der Waals surface area contributed by atoms with E-state index in [0.29, 0.717) is 13.1 Å². The summed E-state index contributed by atoms with van der Waals surface area (Å²) in [5, 5.41) is 2.78. The van der Waals surface area contributed by atoms with E-state index in [-0.39, 0.29) is 12.0 Å². The van der Waals surface area contributed by atoms with Crippen molar-refractivity contribution in [3.8, 4) is 11.5 Å². The largest absolute Gasteiger partial charge is 0.497 e. The quantitative estimate of drug-likeness (QED) is 0.894. The maximum absolute atomic E-state index is 12.9. The third-order valence-corrected chi connectivity index (χ3v) is 4.20. The molecular weight excluding hydrogens is 346 g/mol. The zero-order valence-electron chi connectivity index (χ0n) is 16.3. The van der Waals surface area contributed by atoms with E-state index >= 15 is 0 Å². The highest BCUT2D eigenvalue weighted by molar-refractivity contribution is 5.87. The second-order valence-electron chi connectivity index (χ2n) is 7.25. The summed E-state index contributed by atoms with van der Waals surface area (Å²) in [5.74, 6) is 2.43. The van der Waals surface area contributed by atoms with E-state index in [9.17, 15) is 4.79 Å². The number of hydrogen-bond acceptors (Lipinski definition) is 6. The molecule has 0 spiro atoms. The summed E-state index contributed by atoms with van der Waals surface area (Å²) >= 11 is 0. The first-order valence-corrected chi connectivity index (χ1v) is 8.70. The molecule has 0 atom stereocenters. The Bertz CT molecular complexity index is 838. The number of carbonyl (C=O) groups is 1. The second-order valence-corrected chi connectivity index (χ2v) is 7.25. The zero-order valence-corrected chi connectivity index (χ0v) is 16.3. The van der Waals surface area contributed by atoms with Gasteiger partial charge in [0, 0.05) is 31.9 Å². The van der Waals surface area contributed by atoms with Crippen LogP contribution in [0.3, 0.4) is 0 Å². The van der Waals surface area contributed by atoms with Crippen LogP contribution in [-0.2, 0) is 6.54 Å². The molecule has 1 aromatic carbocycles. The van der Waals surface area contributed by atoms with Gasteiger partial charge in [0.15, 0.2) is 0 Å². The van der Waals surface area contributed by atoms with Gasteiger partial charge in [0.1, 0.15) is 22.9 Å². The van der Waals surface area contributed by atoms with Crippen molar-refractivity contribution in [2.75, 3.05) is 38.0 Å². The number of rotatable bonds is 3. The molecule has 27 heavy (non-hydrogen) atoms. The minimum atomic E-state index is -0.554. The molecule has 2 aromatic rings. The van der Waals surface area contributed by atoms with E-state index in [0.717, 1.165) is 22.9 Å². The first-order valence-electron chi connectivity index (χ1n) is 8.70. The molecule has 2 heterocycles. The Balaban J connectivity index is 1.82. The Hall–Kier alpha value is -3.03. The van der Waals surface area contributed by atoms with Crippen LogP contribution in [0.5, 0.6) is 11.5 Å². The number of nitrogens with one attached hydrogen (secondary N) is 1. The Morgan fingerprint density at radius 2 is 2.11 bits per heavy atom. The number of amides is 2. The van der Waals surface area contributed by atoms with Crippen molar-refractivity contribution in [1.29, 1.82) is 0 Å². The van der Waals surface area contributed by atoms with E-state index in [1.54, 1.807) is 24.3 Å². The maximum atomic E-state index is 12.9. The van der Waals surface area contributed by atoms with Crippen molar-refractivity contribution < 1.29 is 14.3 Å². The summed E-state index contributed by atoms with van der Waals surface area (Å²) < 4.78 is 11.4. The molecule has 2 amide bonds. The highest BCUT2D eigenvalue weighted by Crippen LogP contribution is 2.32. The molecule has 0 saturated heterocycles. The van der Waals surface area contributed by atoms with E-state index in [1.165, 1.54) is 0 Å². The van der Waals surface area contributed by atoms with Crippen molar-refractivity contribution in [2.24, 2.45) is 0 Å². The molecule has 0 saturated carbocycles. The molecule has 0 bridgehead atoms. The lowest BCUT2D eigenvalue weighted by molar-refractivity contribution is 0.0832. The Morgan fingerprint density at radius 1 is 1.33 bits per heavy atom. The third kappa shape index (κ3) is 4.39. The molecule has 1 aliphatic rings. The number of hydrogen-bond donors (Lipinski definition) is 1. The van der Waals surface area contributed by atoms with Crippen LogP contribution in [-0.4, -0.2) is 54.2 Å². The number of urea groups is 1. The molecular formula is C19H25N5O3. The minimum absolute atomic E-state index is 0.268. The van der Waals surface area contributed by atoms with Crippen LogP contribution in [0.25, 0.3) is 0 Å². The highest BCUT2D eigenvalue weighted by atomic mass is 16.5.